The summed E-state index contributed by atoms with van der Waals surface area (Å²) in [5.74, 6) is -0.00966. The Bertz CT molecular complexity index is 658. The number of hydrogen-bond acceptors (Lipinski definition) is 1. The molecule has 2 rings (SSSR count). The third-order valence-electron chi connectivity index (χ3n) is 2.99. The highest BCUT2D eigenvalue weighted by Gasteiger charge is 2.06. The first kappa shape index (κ1) is 15.7. The Balaban J connectivity index is 2.06. The number of anilines is 2. The lowest BCUT2D eigenvalue weighted by atomic mass is 10.0. The standard InChI is InChI=1S/C16H16ClFN2S/c1-10(2)11-4-3-5-13(8-11)19-16(21)20-15-7-6-12(17)9-14(15)18/h3-10H,1-2H3,(H2,19,20,21). The maximum Gasteiger partial charge on any atom is 0.175 e. The van der Waals surface area contributed by atoms with Gasteiger partial charge in [-0.25, -0.2) is 4.39 Å². The molecule has 2 aromatic carbocycles. The number of halogens is 2. The van der Waals surface area contributed by atoms with Crippen molar-refractivity contribution in [1.29, 1.82) is 0 Å². The molecule has 0 atom stereocenters. The van der Waals surface area contributed by atoms with E-state index in [1.54, 1.807) is 12.1 Å². The molecule has 5 heteroatoms. The van der Waals surface area contributed by atoms with Crippen molar-refractivity contribution in [2.24, 2.45) is 0 Å². The highest BCUT2D eigenvalue weighted by atomic mass is 35.5. The van der Waals surface area contributed by atoms with Crippen molar-refractivity contribution in [1.82, 2.24) is 0 Å². The molecule has 110 valence electrons. The molecule has 0 aliphatic rings. The van der Waals surface area contributed by atoms with E-state index < -0.39 is 5.82 Å². The van der Waals surface area contributed by atoms with E-state index in [1.807, 2.05) is 18.2 Å². The zero-order valence-electron chi connectivity index (χ0n) is 11.8. The largest absolute Gasteiger partial charge is 0.332 e. The molecule has 2 aromatic rings. The van der Waals surface area contributed by atoms with Crippen molar-refractivity contribution in [2.45, 2.75) is 19.8 Å². The maximum absolute atomic E-state index is 13.7. The molecule has 0 saturated heterocycles. The Morgan fingerprint density at radius 1 is 1.14 bits per heavy atom. The summed E-state index contributed by atoms with van der Waals surface area (Å²) < 4.78 is 13.7. The van der Waals surface area contributed by atoms with Crippen molar-refractivity contribution in [2.75, 3.05) is 10.6 Å². The molecule has 2 N–H and O–H groups in total. The van der Waals surface area contributed by atoms with Gasteiger partial charge >= 0.3 is 0 Å². The van der Waals surface area contributed by atoms with Gasteiger partial charge in [-0.3, -0.25) is 0 Å². The van der Waals surface area contributed by atoms with Gasteiger partial charge < -0.3 is 10.6 Å². The van der Waals surface area contributed by atoms with Crippen LogP contribution in [0.3, 0.4) is 0 Å². The minimum Gasteiger partial charge on any atom is -0.332 e. The molecule has 0 aliphatic carbocycles. The van der Waals surface area contributed by atoms with Gasteiger partial charge in [0.15, 0.2) is 5.11 Å². The lowest BCUT2D eigenvalue weighted by Crippen LogP contribution is -2.19. The van der Waals surface area contributed by atoms with Crippen LogP contribution in [0.5, 0.6) is 0 Å². The SMILES string of the molecule is CC(C)c1cccc(NC(=S)Nc2ccc(Cl)cc2F)c1. The molecule has 0 aliphatic heterocycles. The van der Waals surface area contributed by atoms with E-state index in [0.717, 1.165) is 5.69 Å². The smallest absolute Gasteiger partial charge is 0.175 e. The van der Waals surface area contributed by atoms with Crippen molar-refractivity contribution in [3.05, 3.63) is 58.9 Å². The van der Waals surface area contributed by atoms with Gasteiger partial charge in [-0.2, -0.15) is 0 Å². The fourth-order valence-electron chi connectivity index (χ4n) is 1.85. The fourth-order valence-corrected chi connectivity index (χ4v) is 2.24. The van der Waals surface area contributed by atoms with E-state index in [9.17, 15) is 4.39 Å². The van der Waals surface area contributed by atoms with Crippen LogP contribution in [0.15, 0.2) is 42.5 Å². The van der Waals surface area contributed by atoms with Crippen LogP contribution in [0.25, 0.3) is 0 Å². The van der Waals surface area contributed by atoms with Gasteiger partial charge in [-0.05, 0) is 54.0 Å². The van der Waals surface area contributed by atoms with Gasteiger partial charge in [0.2, 0.25) is 0 Å². The van der Waals surface area contributed by atoms with Crippen LogP contribution < -0.4 is 10.6 Å². The molecule has 0 saturated carbocycles. The van der Waals surface area contributed by atoms with Gasteiger partial charge in [-0.1, -0.05) is 37.6 Å². The molecule has 0 spiro atoms. The molecule has 0 fully saturated rings. The quantitative estimate of drug-likeness (QED) is 0.739. The first-order valence-electron chi connectivity index (χ1n) is 6.58. The van der Waals surface area contributed by atoms with E-state index in [0.29, 0.717) is 16.1 Å². The third kappa shape index (κ3) is 4.41. The summed E-state index contributed by atoms with van der Waals surface area (Å²) in [4.78, 5) is 0. The van der Waals surface area contributed by atoms with Gasteiger partial charge in [0.1, 0.15) is 5.82 Å². The van der Waals surface area contributed by atoms with Gasteiger partial charge in [0.05, 0.1) is 5.69 Å². The summed E-state index contributed by atoms with van der Waals surface area (Å²) in [6.07, 6.45) is 0. The zero-order valence-corrected chi connectivity index (χ0v) is 13.4. The van der Waals surface area contributed by atoms with Crippen molar-refractivity contribution in [3.63, 3.8) is 0 Å². The van der Waals surface area contributed by atoms with Crippen LogP contribution >= 0.6 is 23.8 Å². The summed E-state index contributed by atoms with van der Waals surface area (Å²) in [7, 11) is 0. The Hall–Kier alpha value is -1.65. The van der Waals surface area contributed by atoms with Crippen molar-refractivity contribution >= 4 is 40.3 Å². The van der Waals surface area contributed by atoms with E-state index in [2.05, 4.69) is 30.5 Å². The van der Waals surface area contributed by atoms with Gasteiger partial charge in [0.25, 0.3) is 0 Å². The Morgan fingerprint density at radius 2 is 1.90 bits per heavy atom. The van der Waals surface area contributed by atoms with Crippen LogP contribution in [-0.4, -0.2) is 5.11 Å². The molecule has 0 unspecified atom stereocenters. The predicted octanol–water partition coefficient (Wildman–Crippen LogP) is 5.41. The number of thiocarbonyl (C=S) groups is 1. The molecular weight excluding hydrogens is 307 g/mol. The summed E-state index contributed by atoms with van der Waals surface area (Å²) in [5, 5.41) is 6.55. The number of nitrogens with one attached hydrogen (secondary N) is 2. The average Bonchev–Trinajstić information content (AvgIpc) is 2.42. The maximum atomic E-state index is 13.7. The zero-order chi connectivity index (χ0) is 15.4. The third-order valence-corrected chi connectivity index (χ3v) is 3.43. The van der Waals surface area contributed by atoms with Crippen LogP contribution in [0.2, 0.25) is 5.02 Å². The highest BCUT2D eigenvalue weighted by molar-refractivity contribution is 7.80. The van der Waals surface area contributed by atoms with Crippen LogP contribution in [0, 0.1) is 5.82 Å². The minimum absolute atomic E-state index is 0.289. The second-order valence-corrected chi connectivity index (χ2v) is 5.83. The topological polar surface area (TPSA) is 24.1 Å². The Kier molecular flexibility index (Phi) is 5.15. The van der Waals surface area contributed by atoms with Gasteiger partial charge in [-0.15, -0.1) is 0 Å². The van der Waals surface area contributed by atoms with E-state index in [1.165, 1.54) is 11.6 Å². The van der Waals surface area contributed by atoms with E-state index >= 15 is 0 Å². The minimum atomic E-state index is -0.442. The van der Waals surface area contributed by atoms with Gasteiger partial charge in [0, 0.05) is 10.7 Å². The van der Waals surface area contributed by atoms with Crippen LogP contribution in [0.4, 0.5) is 15.8 Å². The highest BCUT2D eigenvalue weighted by Crippen LogP contribution is 2.21. The molecule has 0 aromatic heterocycles. The van der Waals surface area contributed by atoms with Crippen molar-refractivity contribution in [3.8, 4) is 0 Å². The first-order chi connectivity index (χ1) is 9.95. The molecule has 0 bridgehead atoms. The average molecular weight is 323 g/mol. The summed E-state index contributed by atoms with van der Waals surface area (Å²) >= 11 is 10.9. The van der Waals surface area contributed by atoms with E-state index in [-0.39, 0.29) is 5.69 Å². The summed E-state index contributed by atoms with van der Waals surface area (Å²) in [6, 6.07) is 12.4. The number of rotatable bonds is 3. The predicted molar refractivity (Wildman–Crippen MR) is 91.8 cm³/mol. The molecule has 0 amide bonds. The monoisotopic (exact) mass is 322 g/mol. The molecule has 2 nitrogen and oxygen atoms in total. The summed E-state index contributed by atoms with van der Waals surface area (Å²) in [5.41, 5.74) is 2.37. The second-order valence-electron chi connectivity index (χ2n) is 4.98. The molecule has 0 heterocycles. The van der Waals surface area contributed by atoms with Crippen molar-refractivity contribution < 1.29 is 4.39 Å². The Labute approximate surface area is 134 Å². The molecule has 0 radical (unpaired) electrons. The molecule has 21 heavy (non-hydrogen) atoms. The normalized spacial score (nSPS) is 10.5. The van der Waals surface area contributed by atoms with Crippen LogP contribution in [0.1, 0.15) is 25.3 Å². The number of benzene rings is 2. The first-order valence-corrected chi connectivity index (χ1v) is 7.37. The lowest BCUT2D eigenvalue weighted by Gasteiger charge is -2.13. The van der Waals surface area contributed by atoms with E-state index in [4.69, 9.17) is 23.8 Å². The lowest BCUT2D eigenvalue weighted by molar-refractivity contribution is 0.632. The summed E-state index contributed by atoms with van der Waals surface area (Å²) in [6.45, 7) is 4.25. The second kappa shape index (κ2) is 6.87. The molecular formula is C16H16ClFN2S. The Morgan fingerprint density at radius 3 is 2.57 bits per heavy atom. The van der Waals surface area contributed by atoms with Crippen LogP contribution in [-0.2, 0) is 0 Å². The fraction of sp³-hybridized carbons (Fsp3) is 0.188. The number of hydrogen-bond donors (Lipinski definition) is 2.